The van der Waals surface area contributed by atoms with Crippen molar-refractivity contribution in [2.75, 3.05) is 19.6 Å². The highest BCUT2D eigenvalue weighted by atomic mass is 16.6. The first kappa shape index (κ1) is 19.5. The molecule has 2 atom stereocenters. The van der Waals surface area contributed by atoms with Gasteiger partial charge in [-0.2, -0.15) is 0 Å². The van der Waals surface area contributed by atoms with Crippen molar-refractivity contribution in [1.82, 2.24) is 10.2 Å². The number of aliphatic hydroxyl groups excluding tert-OH is 1. The number of nitrogens with zero attached hydrogens (tertiary/aromatic N) is 1. The first-order chi connectivity index (χ1) is 11.0. The van der Waals surface area contributed by atoms with Gasteiger partial charge in [-0.15, -0.1) is 0 Å². The molecule has 0 aromatic rings. The first-order valence-electron chi connectivity index (χ1n) is 9.42. The smallest absolute Gasteiger partial charge is 0.410 e. The minimum atomic E-state index is -0.424. The minimum Gasteiger partial charge on any atom is -0.444 e. The Bertz CT molecular complexity index is 434. The molecule has 140 valence electrons. The SMILES string of the molecule is CC(CC1CN(C(=O)OC(C)(C)C)C1)NCC1(C(O)C(C)C)CC1. The molecular weight excluding hydrogens is 304 g/mol. The van der Waals surface area contributed by atoms with Gasteiger partial charge in [-0.25, -0.2) is 4.79 Å². The van der Waals surface area contributed by atoms with E-state index in [0.717, 1.165) is 38.9 Å². The van der Waals surface area contributed by atoms with E-state index in [4.69, 9.17) is 4.74 Å². The molecule has 1 aliphatic carbocycles. The van der Waals surface area contributed by atoms with Crippen molar-refractivity contribution in [1.29, 1.82) is 0 Å². The zero-order valence-corrected chi connectivity index (χ0v) is 16.3. The number of hydrogen-bond acceptors (Lipinski definition) is 4. The number of hydrogen-bond donors (Lipinski definition) is 2. The number of nitrogens with one attached hydrogen (secondary N) is 1. The molecule has 1 heterocycles. The van der Waals surface area contributed by atoms with Gasteiger partial charge in [0.25, 0.3) is 0 Å². The Balaban J connectivity index is 1.65. The minimum absolute atomic E-state index is 0.102. The van der Waals surface area contributed by atoms with Gasteiger partial charge in [-0.3, -0.25) is 0 Å². The molecule has 1 aliphatic heterocycles. The van der Waals surface area contributed by atoms with Crippen LogP contribution in [-0.2, 0) is 4.74 Å². The Hall–Kier alpha value is -0.810. The normalized spacial score (nSPS) is 22.9. The molecule has 5 heteroatoms. The fourth-order valence-corrected chi connectivity index (χ4v) is 3.60. The maximum Gasteiger partial charge on any atom is 0.410 e. The van der Waals surface area contributed by atoms with Crippen molar-refractivity contribution in [2.24, 2.45) is 17.3 Å². The summed E-state index contributed by atoms with van der Waals surface area (Å²) in [5.74, 6) is 0.865. The molecule has 1 saturated heterocycles. The third-order valence-corrected chi connectivity index (χ3v) is 5.25. The number of carbonyl (C=O) groups is 1. The van der Waals surface area contributed by atoms with E-state index < -0.39 is 5.60 Å². The van der Waals surface area contributed by atoms with E-state index in [0.29, 0.717) is 17.9 Å². The molecule has 0 radical (unpaired) electrons. The number of carbonyl (C=O) groups excluding carboxylic acids is 1. The van der Waals surface area contributed by atoms with Crippen LogP contribution < -0.4 is 5.32 Å². The van der Waals surface area contributed by atoms with E-state index >= 15 is 0 Å². The standard InChI is InChI=1S/C19H36N2O3/c1-13(2)16(22)19(7-8-19)12-20-14(3)9-15-10-21(11-15)17(23)24-18(4,5)6/h13-16,20,22H,7-12H2,1-6H3. The lowest BCUT2D eigenvalue weighted by Gasteiger charge is -2.41. The first-order valence-corrected chi connectivity index (χ1v) is 9.42. The molecule has 0 aromatic heterocycles. The number of aliphatic hydroxyl groups is 1. The highest BCUT2D eigenvalue weighted by Crippen LogP contribution is 2.50. The second-order valence-corrected chi connectivity index (χ2v) is 9.32. The highest BCUT2D eigenvalue weighted by Gasteiger charge is 2.49. The molecule has 2 unspecified atom stereocenters. The maximum atomic E-state index is 11.9. The maximum absolute atomic E-state index is 11.9. The van der Waals surface area contributed by atoms with Crippen LogP contribution in [0.25, 0.3) is 0 Å². The largest absolute Gasteiger partial charge is 0.444 e. The second kappa shape index (κ2) is 7.20. The quantitative estimate of drug-likeness (QED) is 0.748. The van der Waals surface area contributed by atoms with Gasteiger partial charge >= 0.3 is 6.09 Å². The Morgan fingerprint density at radius 3 is 2.33 bits per heavy atom. The Morgan fingerprint density at radius 2 is 1.88 bits per heavy atom. The van der Waals surface area contributed by atoms with Crippen LogP contribution in [0.15, 0.2) is 0 Å². The van der Waals surface area contributed by atoms with E-state index in [1.54, 1.807) is 4.90 Å². The summed E-state index contributed by atoms with van der Waals surface area (Å²) in [7, 11) is 0. The zero-order valence-electron chi connectivity index (χ0n) is 16.3. The number of rotatable bonds is 7. The molecule has 2 N–H and O–H groups in total. The van der Waals surface area contributed by atoms with Gasteiger partial charge in [0, 0.05) is 31.1 Å². The average Bonchev–Trinajstić information content (AvgIpc) is 3.18. The molecule has 0 spiro atoms. The predicted octanol–water partition coefficient (Wildman–Crippen LogP) is 3.02. The van der Waals surface area contributed by atoms with Crippen LogP contribution in [0, 0.1) is 17.3 Å². The van der Waals surface area contributed by atoms with Crippen molar-refractivity contribution in [2.45, 2.75) is 78.6 Å². The molecule has 5 nitrogen and oxygen atoms in total. The number of ether oxygens (including phenoxy) is 1. The van der Waals surface area contributed by atoms with Crippen molar-refractivity contribution >= 4 is 6.09 Å². The van der Waals surface area contributed by atoms with Crippen molar-refractivity contribution < 1.29 is 14.6 Å². The van der Waals surface area contributed by atoms with Crippen LogP contribution >= 0.6 is 0 Å². The van der Waals surface area contributed by atoms with Crippen molar-refractivity contribution in [3.8, 4) is 0 Å². The van der Waals surface area contributed by atoms with Crippen molar-refractivity contribution in [3.63, 3.8) is 0 Å². The Morgan fingerprint density at radius 1 is 1.29 bits per heavy atom. The summed E-state index contributed by atoms with van der Waals surface area (Å²) < 4.78 is 5.39. The monoisotopic (exact) mass is 340 g/mol. The van der Waals surface area contributed by atoms with Crippen LogP contribution in [0.2, 0.25) is 0 Å². The van der Waals surface area contributed by atoms with Gasteiger partial charge in [-0.1, -0.05) is 13.8 Å². The average molecular weight is 341 g/mol. The number of amides is 1. The molecule has 1 saturated carbocycles. The second-order valence-electron chi connectivity index (χ2n) is 9.32. The van der Waals surface area contributed by atoms with Gasteiger partial charge in [0.2, 0.25) is 0 Å². The van der Waals surface area contributed by atoms with Gasteiger partial charge in [0.05, 0.1) is 6.10 Å². The predicted molar refractivity (Wildman–Crippen MR) is 95.9 cm³/mol. The number of likely N-dealkylation sites (tertiary alicyclic amines) is 1. The zero-order chi connectivity index (χ0) is 18.1. The molecule has 0 aromatic carbocycles. The van der Waals surface area contributed by atoms with E-state index in [-0.39, 0.29) is 17.6 Å². The summed E-state index contributed by atoms with van der Waals surface area (Å²) in [6, 6.07) is 0.410. The molecule has 24 heavy (non-hydrogen) atoms. The molecule has 2 fully saturated rings. The van der Waals surface area contributed by atoms with Crippen LogP contribution in [0.4, 0.5) is 4.79 Å². The lowest BCUT2D eigenvalue weighted by molar-refractivity contribution is -0.00370. The van der Waals surface area contributed by atoms with Crippen LogP contribution in [0.5, 0.6) is 0 Å². The summed E-state index contributed by atoms with van der Waals surface area (Å²) in [5, 5.41) is 14.0. The van der Waals surface area contributed by atoms with Gasteiger partial charge in [0.1, 0.15) is 5.60 Å². The van der Waals surface area contributed by atoms with E-state index in [1.165, 1.54) is 0 Å². The molecule has 2 rings (SSSR count). The van der Waals surface area contributed by atoms with E-state index in [9.17, 15) is 9.90 Å². The van der Waals surface area contributed by atoms with Crippen LogP contribution in [0.1, 0.15) is 60.8 Å². The molecule has 0 bridgehead atoms. The molecule has 2 aliphatic rings. The summed E-state index contributed by atoms with van der Waals surface area (Å²) >= 11 is 0. The van der Waals surface area contributed by atoms with Crippen LogP contribution in [0.3, 0.4) is 0 Å². The van der Waals surface area contributed by atoms with Gasteiger partial charge in [0.15, 0.2) is 0 Å². The van der Waals surface area contributed by atoms with E-state index in [1.807, 2.05) is 20.8 Å². The van der Waals surface area contributed by atoms with Gasteiger partial charge in [-0.05, 0) is 58.8 Å². The summed E-state index contributed by atoms with van der Waals surface area (Å²) in [5.41, 5.74) is -0.322. The van der Waals surface area contributed by atoms with Crippen LogP contribution in [-0.4, -0.2) is 53.5 Å². The topological polar surface area (TPSA) is 61.8 Å². The van der Waals surface area contributed by atoms with Crippen molar-refractivity contribution in [3.05, 3.63) is 0 Å². The fourth-order valence-electron chi connectivity index (χ4n) is 3.60. The Kier molecular flexibility index (Phi) is 5.86. The van der Waals surface area contributed by atoms with E-state index in [2.05, 4.69) is 26.1 Å². The lowest BCUT2D eigenvalue weighted by atomic mass is 9.89. The summed E-state index contributed by atoms with van der Waals surface area (Å²) in [6.45, 7) is 14.6. The lowest BCUT2D eigenvalue weighted by Crippen LogP contribution is -2.53. The fraction of sp³-hybridized carbons (Fsp3) is 0.947. The van der Waals surface area contributed by atoms with Gasteiger partial charge < -0.3 is 20.1 Å². The third kappa shape index (κ3) is 5.09. The Labute approximate surface area is 147 Å². The third-order valence-electron chi connectivity index (χ3n) is 5.25. The highest BCUT2D eigenvalue weighted by molar-refractivity contribution is 5.69. The summed E-state index contributed by atoms with van der Waals surface area (Å²) in [4.78, 5) is 13.7. The molecular formula is C19H36N2O3. The molecule has 1 amide bonds. The summed E-state index contributed by atoms with van der Waals surface area (Å²) in [6.07, 6.45) is 2.91.